The van der Waals surface area contributed by atoms with Gasteiger partial charge in [-0.25, -0.2) is 0 Å². The summed E-state index contributed by atoms with van der Waals surface area (Å²) in [6.45, 7) is 0. The van der Waals surface area contributed by atoms with Crippen LogP contribution in [0.15, 0.2) is 30.4 Å². The maximum atomic E-state index is 11.3. The van der Waals surface area contributed by atoms with Gasteiger partial charge in [0.25, 0.3) is 0 Å². The maximum absolute atomic E-state index is 11.3. The molecule has 17 heavy (non-hydrogen) atoms. The van der Waals surface area contributed by atoms with E-state index in [-0.39, 0.29) is 0 Å². The summed E-state index contributed by atoms with van der Waals surface area (Å²) in [7, 11) is 1.44. The number of benzene rings is 1. The second-order valence-electron chi connectivity index (χ2n) is 2.99. The number of hydrogen-bond acceptors (Lipinski definition) is 4. The van der Waals surface area contributed by atoms with E-state index in [0.717, 1.165) is 6.08 Å². The first-order valence-corrected chi connectivity index (χ1v) is 4.94. The van der Waals surface area contributed by atoms with Crippen molar-refractivity contribution in [2.75, 3.05) is 12.4 Å². The van der Waals surface area contributed by atoms with Crippen LogP contribution in [0.3, 0.4) is 0 Å². The molecule has 0 saturated carbocycles. The van der Waals surface area contributed by atoms with Gasteiger partial charge in [-0.2, -0.15) is 0 Å². The zero-order valence-corrected chi connectivity index (χ0v) is 9.65. The molecule has 0 spiro atoms. The van der Waals surface area contributed by atoms with Crippen LogP contribution in [0.4, 0.5) is 5.69 Å². The lowest BCUT2D eigenvalue weighted by molar-refractivity contribution is -0.297. The first-order valence-electron chi connectivity index (χ1n) is 4.56. The number of carbonyl (C=O) groups excluding carboxylic acids is 2. The first-order chi connectivity index (χ1) is 8.02. The zero-order valence-electron chi connectivity index (χ0n) is 8.90. The first kappa shape index (κ1) is 13.1. The number of nitrogens with one attached hydrogen (secondary N) is 1. The largest absolute Gasteiger partial charge is 0.545 e. The number of halogens is 1. The molecule has 1 N–H and O–H groups in total. The molecule has 0 aliphatic carbocycles. The molecule has 0 aliphatic heterocycles. The average Bonchev–Trinajstić information content (AvgIpc) is 2.27. The second-order valence-corrected chi connectivity index (χ2v) is 3.42. The van der Waals surface area contributed by atoms with Gasteiger partial charge in [0, 0.05) is 11.1 Å². The van der Waals surface area contributed by atoms with Crippen molar-refractivity contribution < 1.29 is 19.4 Å². The van der Waals surface area contributed by atoms with Crippen LogP contribution < -0.4 is 15.2 Å². The minimum atomic E-state index is -1.45. The summed E-state index contributed by atoms with van der Waals surface area (Å²) in [5.41, 5.74) is 0.355. The van der Waals surface area contributed by atoms with Crippen molar-refractivity contribution >= 4 is 29.2 Å². The molecule has 0 radical (unpaired) electrons. The fourth-order valence-electron chi connectivity index (χ4n) is 1.10. The SMILES string of the molecule is COc1ccc(Cl)cc1NC(=O)/C=C\C(=O)[O-]. The van der Waals surface area contributed by atoms with Gasteiger partial charge in [0.1, 0.15) is 5.75 Å². The Balaban J connectivity index is 2.83. The quantitative estimate of drug-likeness (QED) is 0.798. The van der Waals surface area contributed by atoms with Crippen molar-refractivity contribution in [2.24, 2.45) is 0 Å². The number of carboxylic acids is 1. The molecule has 0 heterocycles. The van der Waals surface area contributed by atoms with Crippen molar-refractivity contribution in [2.45, 2.75) is 0 Å². The number of carbonyl (C=O) groups is 2. The minimum absolute atomic E-state index is 0.355. The van der Waals surface area contributed by atoms with Gasteiger partial charge in [-0.15, -0.1) is 0 Å². The number of ether oxygens (including phenoxy) is 1. The molecule has 1 amide bonds. The van der Waals surface area contributed by atoms with E-state index in [0.29, 0.717) is 22.5 Å². The third kappa shape index (κ3) is 4.16. The second kappa shape index (κ2) is 5.91. The molecule has 6 heteroatoms. The highest BCUT2D eigenvalue weighted by molar-refractivity contribution is 6.31. The normalized spacial score (nSPS) is 10.2. The van der Waals surface area contributed by atoms with Crippen LogP contribution in [0.25, 0.3) is 0 Å². The van der Waals surface area contributed by atoms with Gasteiger partial charge in [-0.05, 0) is 24.3 Å². The number of hydrogen-bond donors (Lipinski definition) is 1. The van der Waals surface area contributed by atoms with Gasteiger partial charge in [-0.3, -0.25) is 4.79 Å². The standard InChI is InChI=1S/C11H10ClNO4/c1-17-9-3-2-7(12)6-8(9)13-10(14)4-5-11(15)16/h2-6H,1H3,(H,13,14)(H,15,16)/p-1/b5-4-. The van der Waals surface area contributed by atoms with Crippen molar-refractivity contribution in [1.82, 2.24) is 0 Å². The summed E-state index contributed by atoms with van der Waals surface area (Å²) in [6.07, 6.45) is 1.47. The highest BCUT2D eigenvalue weighted by Gasteiger charge is 2.05. The fourth-order valence-corrected chi connectivity index (χ4v) is 1.27. The predicted octanol–water partition coefficient (Wildman–Crippen LogP) is 0.593. The Morgan fingerprint density at radius 3 is 2.71 bits per heavy atom. The zero-order chi connectivity index (χ0) is 12.8. The number of methoxy groups -OCH3 is 1. The van der Waals surface area contributed by atoms with E-state index >= 15 is 0 Å². The Kier molecular flexibility index (Phi) is 4.54. The highest BCUT2D eigenvalue weighted by atomic mass is 35.5. The van der Waals surface area contributed by atoms with Gasteiger partial charge < -0.3 is 20.0 Å². The van der Waals surface area contributed by atoms with Crippen LogP contribution >= 0.6 is 11.6 Å². The number of anilines is 1. The lowest BCUT2D eigenvalue weighted by atomic mass is 10.3. The Hall–Kier alpha value is -2.01. The molecule has 0 bridgehead atoms. The molecule has 90 valence electrons. The van der Waals surface area contributed by atoms with E-state index in [2.05, 4.69) is 5.32 Å². The van der Waals surface area contributed by atoms with E-state index in [1.54, 1.807) is 12.1 Å². The van der Waals surface area contributed by atoms with Gasteiger partial charge in [0.2, 0.25) is 5.91 Å². The van der Waals surface area contributed by atoms with Crippen LogP contribution in [0, 0.1) is 0 Å². The molecule has 5 nitrogen and oxygen atoms in total. The molecule has 1 aromatic rings. The van der Waals surface area contributed by atoms with Crippen molar-refractivity contribution in [3.8, 4) is 5.75 Å². The number of aliphatic carboxylic acids is 1. The van der Waals surface area contributed by atoms with Gasteiger partial charge >= 0.3 is 0 Å². The van der Waals surface area contributed by atoms with E-state index in [1.165, 1.54) is 13.2 Å². The Morgan fingerprint density at radius 2 is 2.12 bits per heavy atom. The molecule has 0 atom stereocenters. The van der Waals surface area contributed by atoms with Crippen LogP contribution in [0.1, 0.15) is 0 Å². The highest BCUT2D eigenvalue weighted by Crippen LogP contribution is 2.27. The minimum Gasteiger partial charge on any atom is -0.545 e. The van der Waals surface area contributed by atoms with Gasteiger partial charge in [0.05, 0.1) is 18.8 Å². The third-order valence-electron chi connectivity index (χ3n) is 1.79. The summed E-state index contributed by atoms with van der Waals surface area (Å²) < 4.78 is 5.00. The number of amides is 1. The average molecular weight is 255 g/mol. The fraction of sp³-hybridized carbons (Fsp3) is 0.0909. The smallest absolute Gasteiger partial charge is 0.248 e. The van der Waals surface area contributed by atoms with Crippen LogP contribution in [0.5, 0.6) is 5.75 Å². The molecular formula is C11H9ClNO4-. The molecule has 1 rings (SSSR count). The Bertz CT molecular complexity index is 471. The third-order valence-corrected chi connectivity index (χ3v) is 2.03. The van der Waals surface area contributed by atoms with E-state index in [9.17, 15) is 14.7 Å². The van der Waals surface area contributed by atoms with Crippen molar-refractivity contribution in [3.05, 3.63) is 35.4 Å². The molecule has 1 aromatic carbocycles. The summed E-state index contributed by atoms with van der Waals surface area (Å²) in [5, 5.41) is 13.0. The van der Waals surface area contributed by atoms with E-state index in [1.807, 2.05) is 0 Å². The van der Waals surface area contributed by atoms with E-state index in [4.69, 9.17) is 16.3 Å². The Labute approximate surface area is 103 Å². The summed E-state index contributed by atoms with van der Waals surface area (Å²) in [6, 6.07) is 4.68. The summed E-state index contributed by atoms with van der Waals surface area (Å²) in [4.78, 5) is 21.4. The molecule has 0 aromatic heterocycles. The van der Waals surface area contributed by atoms with Gasteiger partial charge in [-0.1, -0.05) is 11.6 Å². The lowest BCUT2D eigenvalue weighted by Gasteiger charge is -2.08. The number of rotatable bonds is 4. The van der Waals surface area contributed by atoms with Crippen molar-refractivity contribution in [1.29, 1.82) is 0 Å². The van der Waals surface area contributed by atoms with E-state index < -0.39 is 11.9 Å². The summed E-state index contributed by atoms with van der Waals surface area (Å²) in [5.74, 6) is -1.64. The monoisotopic (exact) mass is 254 g/mol. The lowest BCUT2D eigenvalue weighted by Crippen LogP contribution is -2.20. The van der Waals surface area contributed by atoms with Gasteiger partial charge in [0.15, 0.2) is 0 Å². The molecule has 0 aliphatic rings. The molecular weight excluding hydrogens is 246 g/mol. The number of carboxylic acid groups (broad SMARTS) is 1. The molecule has 0 saturated heterocycles. The van der Waals surface area contributed by atoms with Crippen LogP contribution in [0.2, 0.25) is 5.02 Å². The summed E-state index contributed by atoms with van der Waals surface area (Å²) >= 11 is 5.76. The predicted molar refractivity (Wildman–Crippen MR) is 60.8 cm³/mol. The topological polar surface area (TPSA) is 78.5 Å². The van der Waals surface area contributed by atoms with Crippen molar-refractivity contribution in [3.63, 3.8) is 0 Å². The maximum Gasteiger partial charge on any atom is 0.248 e. The Morgan fingerprint density at radius 1 is 1.41 bits per heavy atom. The van der Waals surface area contributed by atoms with Crippen LogP contribution in [-0.2, 0) is 9.59 Å². The molecule has 0 fully saturated rings. The molecule has 0 unspecified atom stereocenters. The van der Waals surface area contributed by atoms with Crippen LogP contribution in [-0.4, -0.2) is 19.0 Å².